The van der Waals surface area contributed by atoms with Crippen LogP contribution in [0.15, 0.2) is 48.5 Å². The van der Waals surface area contributed by atoms with Crippen molar-refractivity contribution in [2.24, 2.45) is 0 Å². The lowest BCUT2D eigenvalue weighted by Crippen LogP contribution is -2.28. The monoisotopic (exact) mass is 398 g/mol. The molecule has 28 heavy (non-hydrogen) atoms. The summed E-state index contributed by atoms with van der Waals surface area (Å²) in [6, 6.07) is 15.4. The second kappa shape index (κ2) is 9.85. The number of ether oxygens (including phenoxy) is 2. The largest absolute Gasteiger partial charge is 0.497 e. The van der Waals surface area contributed by atoms with Crippen molar-refractivity contribution in [3.05, 3.63) is 59.1 Å². The van der Waals surface area contributed by atoms with E-state index in [1.807, 2.05) is 48.5 Å². The van der Waals surface area contributed by atoms with Crippen LogP contribution in [0.1, 0.15) is 23.4 Å². The highest BCUT2D eigenvalue weighted by molar-refractivity contribution is 7.18. The number of thiazole rings is 1. The van der Waals surface area contributed by atoms with Gasteiger partial charge in [0.05, 0.1) is 22.3 Å². The Bertz CT molecular complexity index is 921. The quantitative estimate of drug-likeness (QED) is 0.558. The smallest absolute Gasteiger partial charge is 0.306 e. The number of benzene rings is 2. The van der Waals surface area contributed by atoms with Crippen molar-refractivity contribution >= 4 is 33.4 Å². The van der Waals surface area contributed by atoms with Crippen LogP contribution in [0, 0.1) is 0 Å². The van der Waals surface area contributed by atoms with Gasteiger partial charge in [-0.25, -0.2) is 4.98 Å². The van der Waals surface area contributed by atoms with Crippen molar-refractivity contribution in [1.29, 1.82) is 0 Å². The van der Waals surface area contributed by atoms with Crippen LogP contribution < -0.4 is 10.1 Å². The van der Waals surface area contributed by atoms with Gasteiger partial charge in [-0.05, 0) is 42.7 Å². The molecule has 0 saturated carbocycles. The minimum atomic E-state index is -0.377. The van der Waals surface area contributed by atoms with Gasteiger partial charge in [-0.3, -0.25) is 9.59 Å². The zero-order valence-electron chi connectivity index (χ0n) is 15.6. The third-order valence-electron chi connectivity index (χ3n) is 4.10. The van der Waals surface area contributed by atoms with Gasteiger partial charge in [0.15, 0.2) is 6.61 Å². The third kappa shape index (κ3) is 5.79. The summed E-state index contributed by atoms with van der Waals surface area (Å²) in [5.41, 5.74) is 1.90. The second-order valence-corrected chi connectivity index (χ2v) is 7.33. The van der Waals surface area contributed by atoms with Gasteiger partial charge in [-0.15, -0.1) is 11.3 Å². The molecule has 0 aliphatic rings. The minimum absolute atomic E-state index is 0.263. The Morgan fingerprint density at radius 1 is 1.14 bits per heavy atom. The first kappa shape index (κ1) is 19.8. The van der Waals surface area contributed by atoms with E-state index in [1.165, 1.54) is 0 Å². The van der Waals surface area contributed by atoms with Crippen molar-refractivity contribution in [2.75, 3.05) is 13.7 Å². The Kier molecular flexibility index (Phi) is 6.97. The maximum absolute atomic E-state index is 11.8. The van der Waals surface area contributed by atoms with E-state index in [-0.39, 0.29) is 24.9 Å². The summed E-state index contributed by atoms with van der Waals surface area (Å²) in [7, 11) is 1.59. The first-order valence-electron chi connectivity index (χ1n) is 9.04. The van der Waals surface area contributed by atoms with E-state index < -0.39 is 0 Å². The van der Waals surface area contributed by atoms with Crippen molar-refractivity contribution < 1.29 is 19.1 Å². The first-order chi connectivity index (χ1) is 13.6. The minimum Gasteiger partial charge on any atom is -0.497 e. The fourth-order valence-electron chi connectivity index (χ4n) is 2.66. The molecule has 1 N–H and O–H groups in total. The van der Waals surface area contributed by atoms with Gasteiger partial charge >= 0.3 is 5.97 Å². The summed E-state index contributed by atoms with van der Waals surface area (Å²) in [6.45, 7) is 0.0785. The van der Waals surface area contributed by atoms with Crippen LogP contribution in [0.3, 0.4) is 0 Å². The van der Waals surface area contributed by atoms with Crippen LogP contribution in [-0.2, 0) is 27.3 Å². The third-order valence-corrected chi connectivity index (χ3v) is 5.19. The molecule has 0 bridgehead atoms. The molecule has 146 valence electrons. The normalized spacial score (nSPS) is 10.6. The molecule has 3 aromatic rings. The molecule has 1 heterocycles. The molecular formula is C21H22N2O4S. The number of aromatic nitrogens is 1. The Balaban J connectivity index is 1.33. The predicted octanol–water partition coefficient (Wildman–Crippen LogP) is 3.49. The lowest BCUT2D eigenvalue weighted by Gasteiger charge is -2.07. The number of rotatable bonds is 9. The van der Waals surface area contributed by atoms with E-state index in [4.69, 9.17) is 9.47 Å². The maximum atomic E-state index is 11.8. The molecule has 0 saturated heterocycles. The Labute approximate surface area is 167 Å². The molecule has 0 fully saturated rings. The average molecular weight is 398 g/mol. The summed E-state index contributed by atoms with van der Waals surface area (Å²) in [6.07, 6.45) is 1.62. The van der Waals surface area contributed by atoms with E-state index in [9.17, 15) is 9.59 Å². The van der Waals surface area contributed by atoms with Gasteiger partial charge < -0.3 is 14.8 Å². The number of methoxy groups -OCH3 is 1. The first-order valence-corrected chi connectivity index (χ1v) is 9.85. The van der Waals surface area contributed by atoms with Crippen LogP contribution in [0.2, 0.25) is 0 Å². The standard InChI is InChI=1S/C21H22N2O4S/c1-26-16-7-4-6-15(12-16)13-22-19(24)14-27-21(25)11-5-10-20-23-17-8-2-3-9-18(17)28-20/h2-4,6-9,12H,5,10-11,13-14H2,1H3,(H,22,24). The lowest BCUT2D eigenvalue weighted by molar-refractivity contribution is -0.148. The number of nitrogens with one attached hydrogen (secondary N) is 1. The Morgan fingerprint density at radius 2 is 2.00 bits per heavy atom. The van der Waals surface area contributed by atoms with Crippen LogP contribution >= 0.6 is 11.3 Å². The van der Waals surface area contributed by atoms with E-state index in [1.54, 1.807) is 18.4 Å². The maximum Gasteiger partial charge on any atom is 0.306 e. The molecule has 1 aromatic heterocycles. The highest BCUT2D eigenvalue weighted by Gasteiger charge is 2.09. The van der Waals surface area contributed by atoms with Gasteiger partial charge in [0, 0.05) is 13.0 Å². The summed E-state index contributed by atoms with van der Waals surface area (Å²) < 4.78 is 11.3. The fourth-order valence-corrected chi connectivity index (χ4v) is 3.67. The van der Waals surface area contributed by atoms with Gasteiger partial charge in [0.25, 0.3) is 5.91 Å². The molecule has 6 nitrogen and oxygen atoms in total. The Morgan fingerprint density at radius 3 is 2.82 bits per heavy atom. The molecule has 0 aliphatic heterocycles. The number of para-hydroxylation sites is 1. The number of aryl methyl sites for hydroxylation is 1. The lowest BCUT2D eigenvalue weighted by atomic mass is 10.2. The molecule has 1 amide bonds. The van der Waals surface area contributed by atoms with Crippen LogP contribution in [0.4, 0.5) is 0 Å². The van der Waals surface area contributed by atoms with Crippen molar-refractivity contribution in [3.8, 4) is 5.75 Å². The van der Waals surface area contributed by atoms with Crippen molar-refractivity contribution in [2.45, 2.75) is 25.8 Å². The number of hydrogen-bond donors (Lipinski definition) is 1. The number of carbonyl (C=O) groups excluding carboxylic acids is 2. The molecule has 3 rings (SSSR count). The average Bonchev–Trinajstić information content (AvgIpc) is 3.13. The second-order valence-electron chi connectivity index (χ2n) is 6.22. The van der Waals surface area contributed by atoms with Gasteiger partial charge in [0.1, 0.15) is 5.75 Å². The molecular weight excluding hydrogens is 376 g/mol. The van der Waals surface area contributed by atoms with Gasteiger partial charge in [-0.1, -0.05) is 24.3 Å². The van der Waals surface area contributed by atoms with Crippen LogP contribution in [0.25, 0.3) is 10.2 Å². The van der Waals surface area contributed by atoms with E-state index in [0.717, 1.165) is 33.0 Å². The molecule has 7 heteroatoms. The summed E-state index contributed by atoms with van der Waals surface area (Å²) >= 11 is 1.64. The topological polar surface area (TPSA) is 77.5 Å². The molecule has 0 radical (unpaired) electrons. The summed E-state index contributed by atoms with van der Waals surface area (Å²) in [5, 5.41) is 3.73. The highest BCUT2D eigenvalue weighted by Crippen LogP contribution is 2.22. The number of esters is 1. The summed E-state index contributed by atoms with van der Waals surface area (Å²) in [5.74, 6) is 0.0197. The number of nitrogens with zero attached hydrogens (tertiary/aromatic N) is 1. The fraction of sp³-hybridized carbons (Fsp3) is 0.286. The van der Waals surface area contributed by atoms with Gasteiger partial charge in [-0.2, -0.15) is 0 Å². The molecule has 2 aromatic carbocycles. The zero-order chi connectivity index (χ0) is 19.8. The van der Waals surface area contributed by atoms with Crippen molar-refractivity contribution in [1.82, 2.24) is 10.3 Å². The predicted molar refractivity (Wildman–Crippen MR) is 108 cm³/mol. The number of carbonyl (C=O) groups is 2. The van der Waals surface area contributed by atoms with Gasteiger partial charge in [0.2, 0.25) is 0 Å². The SMILES string of the molecule is COc1cccc(CNC(=O)COC(=O)CCCc2nc3ccccc3s2)c1. The molecule has 0 unspecified atom stereocenters. The molecule has 0 atom stereocenters. The van der Waals surface area contributed by atoms with E-state index in [2.05, 4.69) is 10.3 Å². The molecule has 0 aliphatic carbocycles. The van der Waals surface area contributed by atoms with Crippen LogP contribution in [0.5, 0.6) is 5.75 Å². The summed E-state index contributed by atoms with van der Waals surface area (Å²) in [4.78, 5) is 28.2. The number of fused-ring (bicyclic) bond motifs is 1. The number of amides is 1. The van der Waals surface area contributed by atoms with E-state index in [0.29, 0.717) is 13.0 Å². The van der Waals surface area contributed by atoms with Crippen LogP contribution in [-0.4, -0.2) is 30.6 Å². The zero-order valence-corrected chi connectivity index (χ0v) is 16.5. The highest BCUT2D eigenvalue weighted by atomic mass is 32.1. The number of hydrogen-bond acceptors (Lipinski definition) is 6. The Hall–Kier alpha value is -2.93. The molecule has 0 spiro atoms. The van der Waals surface area contributed by atoms with E-state index >= 15 is 0 Å². The van der Waals surface area contributed by atoms with Crippen molar-refractivity contribution in [3.63, 3.8) is 0 Å².